The number of methoxy groups -OCH3 is 3. The van der Waals surface area contributed by atoms with E-state index in [9.17, 15) is 14.7 Å². The first-order valence-corrected chi connectivity index (χ1v) is 11.9. The molecule has 2 N–H and O–H groups in total. The van der Waals surface area contributed by atoms with Gasteiger partial charge in [0.05, 0.1) is 19.8 Å². The van der Waals surface area contributed by atoms with Gasteiger partial charge in [-0.15, -0.1) is 0 Å². The van der Waals surface area contributed by atoms with E-state index in [2.05, 4.69) is 5.32 Å². The normalized spacial score (nSPS) is 18.1. The van der Waals surface area contributed by atoms with Crippen LogP contribution in [0.1, 0.15) is 37.7 Å². The highest BCUT2D eigenvalue weighted by molar-refractivity contribution is 5.89. The van der Waals surface area contributed by atoms with Crippen LogP contribution in [0.5, 0.6) is 11.5 Å². The molecule has 1 amide bonds. The number of amides is 1. The molecule has 0 saturated carbocycles. The number of carbonyl (C=O) groups excluding carboxylic acids is 1. The first-order valence-electron chi connectivity index (χ1n) is 11.9. The maximum absolute atomic E-state index is 13.2. The van der Waals surface area contributed by atoms with E-state index < -0.39 is 17.6 Å². The fourth-order valence-electron chi connectivity index (χ4n) is 4.51. The first kappa shape index (κ1) is 26.5. The van der Waals surface area contributed by atoms with Gasteiger partial charge in [-0.1, -0.05) is 30.3 Å². The zero-order chi connectivity index (χ0) is 25.3. The van der Waals surface area contributed by atoms with Crippen molar-refractivity contribution in [1.29, 1.82) is 0 Å². The molecule has 8 heteroatoms. The van der Waals surface area contributed by atoms with Crippen LogP contribution in [-0.2, 0) is 25.5 Å². The molecule has 2 aromatic rings. The summed E-state index contributed by atoms with van der Waals surface area (Å²) in [5.41, 5.74) is 1.53. The molecule has 1 heterocycles. The minimum absolute atomic E-state index is 0.157. The Balaban J connectivity index is 1.72. The molecular formula is C27H35NO7. The van der Waals surface area contributed by atoms with Crippen molar-refractivity contribution in [3.63, 3.8) is 0 Å². The predicted octanol–water partition coefficient (Wildman–Crippen LogP) is 3.85. The van der Waals surface area contributed by atoms with Crippen LogP contribution in [0.2, 0.25) is 0 Å². The summed E-state index contributed by atoms with van der Waals surface area (Å²) in [6, 6.07) is 12.0. The van der Waals surface area contributed by atoms with Gasteiger partial charge in [-0.25, -0.2) is 4.79 Å². The Labute approximate surface area is 206 Å². The van der Waals surface area contributed by atoms with Crippen molar-refractivity contribution in [2.24, 2.45) is 0 Å². The fourth-order valence-corrected chi connectivity index (χ4v) is 4.51. The molecule has 0 spiro atoms. The highest BCUT2D eigenvalue weighted by atomic mass is 16.5. The van der Waals surface area contributed by atoms with Crippen LogP contribution in [0.4, 0.5) is 0 Å². The highest BCUT2D eigenvalue weighted by Gasteiger charge is 2.43. The van der Waals surface area contributed by atoms with Crippen molar-refractivity contribution in [1.82, 2.24) is 5.32 Å². The van der Waals surface area contributed by atoms with E-state index in [1.54, 1.807) is 21.3 Å². The average molecular weight is 486 g/mol. The van der Waals surface area contributed by atoms with Gasteiger partial charge in [0, 0.05) is 26.7 Å². The highest BCUT2D eigenvalue weighted by Crippen LogP contribution is 2.38. The Hall–Kier alpha value is -3.10. The number of nitrogens with one attached hydrogen (secondary N) is 1. The number of ether oxygens (including phenoxy) is 4. The summed E-state index contributed by atoms with van der Waals surface area (Å²) >= 11 is 0. The van der Waals surface area contributed by atoms with Gasteiger partial charge < -0.3 is 29.4 Å². The van der Waals surface area contributed by atoms with Crippen molar-refractivity contribution in [3.05, 3.63) is 48.0 Å². The number of benzene rings is 2. The molecule has 1 saturated heterocycles. The monoisotopic (exact) mass is 485 g/mol. The number of carbonyl (C=O) groups is 2. The quantitative estimate of drug-likeness (QED) is 0.416. The topological polar surface area (TPSA) is 103 Å². The van der Waals surface area contributed by atoms with Gasteiger partial charge in [-0.2, -0.15) is 0 Å². The van der Waals surface area contributed by atoms with Gasteiger partial charge in [0.25, 0.3) is 5.91 Å². The third kappa shape index (κ3) is 6.52. The standard InChI is InChI=1S/C27H35NO7/c1-32-16-5-4-14-27(15-7-17-35-27)26(31)28-21(25(29)30)18-19-10-12-20(13-11-19)24-22(33-2)8-6-9-23(24)34-3/h6,8-13,21H,4-5,7,14-18H2,1-3H3,(H,28,31)(H,29,30)/t21-,27+/m1/s1. The Morgan fingerprint density at radius 2 is 1.74 bits per heavy atom. The first-order chi connectivity index (χ1) is 16.9. The van der Waals surface area contributed by atoms with Crippen LogP contribution >= 0.6 is 0 Å². The maximum Gasteiger partial charge on any atom is 0.326 e. The van der Waals surface area contributed by atoms with E-state index in [1.807, 2.05) is 42.5 Å². The summed E-state index contributed by atoms with van der Waals surface area (Å²) in [5, 5.41) is 12.6. The molecule has 2 atom stereocenters. The van der Waals surface area contributed by atoms with Gasteiger partial charge in [-0.05, 0) is 55.4 Å². The second kappa shape index (κ2) is 12.6. The van der Waals surface area contributed by atoms with Crippen LogP contribution in [0.25, 0.3) is 11.1 Å². The maximum atomic E-state index is 13.2. The Morgan fingerprint density at radius 1 is 1.06 bits per heavy atom. The SMILES string of the molecule is COCCCC[C@@]1(C(=O)N[C@H](Cc2ccc(-c3c(OC)cccc3OC)cc2)C(=O)O)CCCO1. The lowest BCUT2D eigenvalue weighted by Crippen LogP contribution is -2.52. The number of unbranched alkanes of at least 4 members (excludes halogenated alkanes) is 1. The van der Waals surface area contributed by atoms with Gasteiger partial charge in [0.1, 0.15) is 23.1 Å². The molecule has 1 aliphatic rings. The number of aliphatic carboxylic acids is 1. The summed E-state index contributed by atoms with van der Waals surface area (Å²) in [5.74, 6) is -0.0724. The number of carboxylic acid groups (broad SMARTS) is 1. The molecule has 0 unspecified atom stereocenters. The number of hydrogen-bond acceptors (Lipinski definition) is 6. The number of hydrogen-bond donors (Lipinski definition) is 2. The third-order valence-corrected chi connectivity index (χ3v) is 6.41. The lowest BCUT2D eigenvalue weighted by Gasteiger charge is -2.29. The minimum Gasteiger partial charge on any atom is -0.496 e. The average Bonchev–Trinajstić information content (AvgIpc) is 3.36. The van der Waals surface area contributed by atoms with Crippen LogP contribution in [0, 0.1) is 0 Å². The van der Waals surface area contributed by atoms with Gasteiger partial charge >= 0.3 is 5.97 Å². The molecule has 0 aromatic heterocycles. The predicted molar refractivity (Wildman–Crippen MR) is 132 cm³/mol. The van der Waals surface area contributed by atoms with Crippen molar-refractivity contribution in [2.75, 3.05) is 34.5 Å². The summed E-state index contributed by atoms with van der Waals surface area (Å²) in [6.07, 6.45) is 3.67. The molecule has 0 radical (unpaired) electrons. The minimum atomic E-state index is -1.08. The lowest BCUT2D eigenvalue weighted by atomic mass is 9.91. The lowest BCUT2D eigenvalue weighted by molar-refractivity contribution is -0.149. The van der Waals surface area contributed by atoms with E-state index >= 15 is 0 Å². The van der Waals surface area contributed by atoms with Crippen LogP contribution in [0.3, 0.4) is 0 Å². The second-order valence-electron chi connectivity index (χ2n) is 8.70. The van der Waals surface area contributed by atoms with Gasteiger partial charge in [0.2, 0.25) is 0 Å². The molecule has 1 fully saturated rings. The zero-order valence-corrected chi connectivity index (χ0v) is 20.7. The Morgan fingerprint density at radius 3 is 2.29 bits per heavy atom. The van der Waals surface area contributed by atoms with E-state index in [4.69, 9.17) is 18.9 Å². The van der Waals surface area contributed by atoms with Crippen LogP contribution < -0.4 is 14.8 Å². The number of rotatable bonds is 13. The molecule has 190 valence electrons. The van der Waals surface area contributed by atoms with Crippen molar-refractivity contribution in [3.8, 4) is 22.6 Å². The van der Waals surface area contributed by atoms with E-state index in [0.717, 1.165) is 36.0 Å². The molecule has 0 aliphatic carbocycles. The van der Waals surface area contributed by atoms with Crippen molar-refractivity contribution in [2.45, 2.75) is 50.2 Å². The summed E-state index contributed by atoms with van der Waals surface area (Å²) < 4.78 is 21.9. The number of carboxylic acids is 1. The van der Waals surface area contributed by atoms with Gasteiger partial charge in [-0.3, -0.25) is 4.79 Å². The van der Waals surface area contributed by atoms with Crippen molar-refractivity contribution >= 4 is 11.9 Å². The summed E-state index contributed by atoms with van der Waals surface area (Å²) in [7, 11) is 4.85. The van der Waals surface area contributed by atoms with E-state index in [1.165, 1.54) is 0 Å². The molecule has 0 bridgehead atoms. The van der Waals surface area contributed by atoms with Crippen molar-refractivity contribution < 1.29 is 33.6 Å². The smallest absolute Gasteiger partial charge is 0.326 e. The molecule has 8 nitrogen and oxygen atoms in total. The largest absolute Gasteiger partial charge is 0.496 e. The molecular weight excluding hydrogens is 450 g/mol. The second-order valence-corrected chi connectivity index (χ2v) is 8.70. The molecule has 1 aliphatic heterocycles. The van der Waals surface area contributed by atoms with E-state index in [-0.39, 0.29) is 12.3 Å². The van der Waals surface area contributed by atoms with E-state index in [0.29, 0.717) is 37.6 Å². The summed E-state index contributed by atoms with van der Waals surface area (Å²) in [6.45, 7) is 1.12. The fraction of sp³-hybridized carbons (Fsp3) is 0.481. The van der Waals surface area contributed by atoms with Crippen LogP contribution in [-0.4, -0.2) is 63.2 Å². The zero-order valence-electron chi connectivity index (χ0n) is 20.7. The Bertz CT molecular complexity index is 961. The third-order valence-electron chi connectivity index (χ3n) is 6.41. The Kier molecular flexibility index (Phi) is 9.51. The van der Waals surface area contributed by atoms with Gasteiger partial charge in [0.15, 0.2) is 0 Å². The molecule has 2 aromatic carbocycles. The molecule has 3 rings (SSSR count). The summed E-state index contributed by atoms with van der Waals surface area (Å²) in [4.78, 5) is 25.2. The molecule has 35 heavy (non-hydrogen) atoms. The van der Waals surface area contributed by atoms with Crippen LogP contribution in [0.15, 0.2) is 42.5 Å².